The minimum atomic E-state index is -4.75. The van der Waals surface area contributed by atoms with Crippen LogP contribution in [0.1, 0.15) is 0 Å². The third-order valence-corrected chi connectivity index (χ3v) is 4.53. The zero-order chi connectivity index (χ0) is 17.4. The third-order valence-electron chi connectivity index (χ3n) is 2.80. The smallest absolute Gasteiger partial charge is 0.341 e. The van der Waals surface area contributed by atoms with Crippen molar-refractivity contribution >= 4 is 37.0 Å². The van der Waals surface area contributed by atoms with Crippen molar-refractivity contribution in [1.29, 1.82) is 0 Å². The summed E-state index contributed by atoms with van der Waals surface area (Å²) in [5.41, 5.74) is 0. The molecule has 0 atom stereocenters. The number of rotatable bonds is 5. The standard InChI is InChI=1S/C12H10O9S2/c13-12(14)6-21-10-4-7-1-2-9(22(15,16)17)3-8(7)5-11(10)23(18,19)20/h1-5H,6H2,(H,13,14)(H,15,16,17)(H,18,19,20). The van der Waals surface area contributed by atoms with Gasteiger partial charge in [0.1, 0.15) is 10.6 Å². The molecule has 0 saturated carbocycles. The molecule has 0 heterocycles. The number of carboxylic acid groups (broad SMARTS) is 1. The highest BCUT2D eigenvalue weighted by Gasteiger charge is 2.20. The van der Waals surface area contributed by atoms with Gasteiger partial charge in [-0.15, -0.1) is 0 Å². The molecule has 0 saturated heterocycles. The average molecular weight is 362 g/mol. The molecule has 2 rings (SSSR count). The van der Waals surface area contributed by atoms with E-state index >= 15 is 0 Å². The summed E-state index contributed by atoms with van der Waals surface area (Å²) in [6, 6.07) is 5.39. The van der Waals surface area contributed by atoms with Crippen LogP contribution in [0.5, 0.6) is 5.75 Å². The van der Waals surface area contributed by atoms with Crippen LogP contribution in [-0.2, 0) is 25.0 Å². The van der Waals surface area contributed by atoms with E-state index in [-0.39, 0.29) is 5.39 Å². The zero-order valence-corrected chi connectivity index (χ0v) is 12.8. The second kappa shape index (κ2) is 5.77. The zero-order valence-electron chi connectivity index (χ0n) is 11.2. The van der Waals surface area contributed by atoms with Crippen LogP contribution < -0.4 is 4.74 Å². The van der Waals surface area contributed by atoms with E-state index < -0.39 is 48.4 Å². The Balaban J connectivity index is 2.70. The van der Waals surface area contributed by atoms with E-state index in [9.17, 15) is 26.2 Å². The SMILES string of the molecule is O=C(O)COc1cc2ccc(S(=O)(=O)O)cc2cc1S(=O)(=O)O. The van der Waals surface area contributed by atoms with Crippen molar-refractivity contribution in [2.75, 3.05) is 6.61 Å². The van der Waals surface area contributed by atoms with Gasteiger partial charge < -0.3 is 9.84 Å². The molecule has 0 radical (unpaired) electrons. The summed E-state index contributed by atoms with van der Waals surface area (Å²) in [5, 5.41) is 8.97. The molecule has 9 nitrogen and oxygen atoms in total. The fourth-order valence-corrected chi connectivity index (χ4v) is 3.01. The minimum absolute atomic E-state index is 0.0791. The molecule has 0 aliphatic heterocycles. The summed E-state index contributed by atoms with van der Waals surface area (Å²) in [4.78, 5) is 9.33. The van der Waals surface area contributed by atoms with Gasteiger partial charge in [0, 0.05) is 0 Å². The van der Waals surface area contributed by atoms with Crippen LogP contribution in [0.4, 0.5) is 0 Å². The molecule has 0 bridgehead atoms. The quantitative estimate of drug-likeness (QED) is 0.655. The molecular weight excluding hydrogens is 352 g/mol. The first-order valence-electron chi connectivity index (χ1n) is 5.86. The summed E-state index contributed by atoms with van der Waals surface area (Å²) < 4.78 is 68.0. The Labute approximate surface area is 130 Å². The molecule has 0 spiro atoms. The fraction of sp³-hybridized carbons (Fsp3) is 0.0833. The molecule has 0 fully saturated rings. The lowest BCUT2D eigenvalue weighted by Gasteiger charge is -2.10. The van der Waals surface area contributed by atoms with Gasteiger partial charge in [-0.1, -0.05) is 6.07 Å². The van der Waals surface area contributed by atoms with Gasteiger partial charge in [-0.3, -0.25) is 9.11 Å². The lowest BCUT2D eigenvalue weighted by molar-refractivity contribution is -0.139. The molecule has 0 aliphatic carbocycles. The molecule has 0 unspecified atom stereocenters. The van der Waals surface area contributed by atoms with Gasteiger partial charge in [-0.2, -0.15) is 16.8 Å². The molecule has 3 N–H and O–H groups in total. The topological polar surface area (TPSA) is 155 Å². The number of carbonyl (C=O) groups is 1. The highest BCUT2D eigenvalue weighted by molar-refractivity contribution is 7.86. The van der Waals surface area contributed by atoms with Gasteiger partial charge in [0.2, 0.25) is 0 Å². The van der Waals surface area contributed by atoms with Crippen molar-refractivity contribution in [3.63, 3.8) is 0 Å². The first kappa shape index (κ1) is 17.1. The predicted molar refractivity (Wildman–Crippen MR) is 76.7 cm³/mol. The molecular formula is C12H10O9S2. The number of ether oxygens (including phenoxy) is 1. The third kappa shape index (κ3) is 3.96. The van der Waals surface area contributed by atoms with E-state index in [1.165, 1.54) is 6.07 Å². The van der Waals surface area contributed by atoms with Crippen LogP contribution in [-0.4, -0.2) is 43.6 Å². The number of carboxylic acids is 1. The second-order valence-electron chi connectivity index (χ2n) is 4.44. The number of benzene rings is 2. The molecule has 23 heavy (non-hydrogen) atoms. The van der Waals surface area contributed by atoms with Crippen LogP contribution in [0.25, 0.3) is 10.8 Å². The summed E-state index contributed by atoms with van der Waals surface area (Å²) in [5.74, 6) is -1.75. The molecule has 2 aromatic rings. The van der Waals surface area contributed by atoms with E-state index in [0.29, 0.717) is 5.39 Å². The number of hydrogen-bond acceptors (Lipinski definition) is 6. The molecule has 0 amide bonds. The largest absolute Gasteiger partial charge is 0.480 e. The number of aliphatic carboxylic acids is 1. The van der Waals surface area contributed by atoms with E-state index in [1.807, 2.05) is 0 Å². The molecule has 11 heteroatoms. The Kier molecular flexibility index (Phi) is 4.30. The summed E-state index contributed by atoms with van der Waals surface area (Å²) in [6.07, 6.45) is 0. The van der Waals surface area contributed by atoms with Crippen LogP contribution >= 0.6 is 0 Å². The Bertz CT molecular complexity index is 991. The first-order valence-corrected chi connectivity index (χ1v) is 8.74. The maximum atomic E-state index is 11.4. The van der Waals surface area contributed by atoms with Crippen LogP contribution in [0.3, 0.4) is 0 Å². The van der Waals surface area contributed by atoms with Gasteiger partial charge in [-0.25, -0.2) is 4.79 Å². The normalized spacial score (nSPS) is 12.3. The summed E-state index contributed by atoms with van der Waals surface area (Å²) in [6.45, 7) is -0.836. The van der Waals surface area contributed by atoms with Crippen molar-refractivity contribution in [3.8, 4) is 5.75 Å². The molecule has 2 aromatic carbocycles. The summed E-state index contributed by atoms with van der Waals surface area (Å²) in [7, 11) is -9.25. The highest BCUT2D eigenvalue weighted by Crippen LogP contribution is 2.31. The average Bonchev–Trinajstić information content (AvgIpc) is 2.41. The van der Waals surface area contributed by atoms with Crippen LogP contribution in [0.2, 0.25) is 0 Å². The van der Waals surface area contributed by atoms with E-state index in [0.717, 1.165) is 24.3 Å². The maximum Gasteiger partial charge on any atom is 0.341 e. The van der Waals surface area contributed by atoms with E-state index in [2.05, 4.69) is 0 Å². The number of fused-ring (bicyclic) bond motifs is 1. The van der Waals surface area contributed by atoms with Crippen molar-refractivity contribution in [3.05, 3.63) is 30.3 Å². The minimum Gasteiger partial charge on any atom is -0.480 e. The molecule has 124 valence electrons. The molecule has 0 aromatic heterocycles. The highest BCUT2D eigenvalue weighted by atomic mass is 32.2. The predicted octanol–water partition coefficient (Wildman–Crippen LogP) is 0.797. The van der Waals surface area contributed by atoms with Gasteiger partial charge in [0.15, 0.2) is 6.61 Å². The van der Waals surface area contributed by atoms with Gasteiger partial charge >= 0.3 is 5.97 Å². The maximum absolute atomic E-state index is 11.4. The second-order valence-corrected chi connectivity index (χ2v) is 7.25. The van der Waals surface area contributed by atoms with Crippen molar-refractivity contribution in [2.45, 2.75) is 9.79 Å². The number of hydrogen-bond donors (Lipinski definition) is 3. The van der Waals surface area contributed by atoms with Gasteiger partial charge in [0.05, 0.1) is 4.90 Å². The van der Waals surface area contributed by atoms with Crippen molar-refractivity contribution in [1.82, 2.24) is 0 Å². The van der Waals surface area contributed by atoms with Gasteiger partial charge in [-0.05, 0) is 35.0 Å². The first-order chi connectivity index (χ1) is 10.5. The Hall–Kier alpha value is -2.21. The molecule has 0 aliphatic rings. The lowest BCUT2D eigenvalue weighted by Crippen LogP contribution is -2.12. The van der Waals surface area contributed by atoms with E-state index in [4.69, 9.17) is 14.4 Å². The van der Waals surface area contributed by atoms with E-state index in [1.54, 1.807) is 0 Å². The fourth-order valence-electron chi connectivity index (χ4n) is 1.85. The Morgan fingerprint density at radius 3 is 2.13 bits per heavy atom. The van der Waals surface area contributed by atoms with Crippen molar-refractivity contribution in [2.24, 2.45) is 0 Å². The lowest BCUT2D eigenvalue weighted by atomic mass is 10.1. The van der Waals surface area contributed by atoms with Crippen LogP contribution in [0.15, 0.2) is 40.1 Å². The van der Waals surface area contributed by atoms with Gasteiger partial charge in [0.25, 0.3) is 20.2 Å². The van der Waals surface area contributed by atoms with Crippen LogP contribution in [0, 0.1) is 0 Å². The van der Waals surface area contributed by atoms with Crippen molar-refractivity contribution < 1.29 is 40.6 Å². The Morgan fingerprint density at radius 2 is 1.61 bits per heavy atom. The summed E-state index contributed by atoms with van der Waals surface area (Å²) >= 11 is 0. The monoisotopic (exact) mass is 362 g/mol. The Morgan fingerprint density at radius 1 is 0.957 bits per heavy atom.